The van der Waals surface area contributed by atoms with Gasteiger partial charge in [-0.1, -0.05) is 0 Å². The van der Waals surface area contributed by atoms with E-state index < -0.39 is 72.3 Å². The van der Waals surface area contributed by atoms with Crippen LogP contribution >= 0.6 is 0 Å². The van der Waals surface area contributed by atoms with E-state index in [4.69, 9.17) is 27.0 Å². The predicted molar refractivity (Wildman–Crippen MR) is 110 cm³/mol. The lowest BCUT2D eigenvalue weighted by Gasteiger charge is -2.14. The molecule has 0 saturated carbocycles. The Labute approximate surface area is 180 Å². The Morgan fingerprint density at radius 3 is 2.50 bits per heavy atom. The molecule has 2 N–H and O–H groups in total. The summed E-state index contributed by atoms with van der Waals surface area (Å²) in [5.74, 6) is -0.497. The zero-order valence-electron chi connectivity index (χ0n) is 26.1. The van der Waals surface area contributed by atoms with Crippen LogP contribution in [-0.4, -0.2) is 9.97 Å². The number of nitrogens with one attached hydrogen (secondary N) is 2. The van der Waals surface area contributed by atoms with Gasteiger partial charge in [0.05, 0.1) is 25.9 Å². The molecular weight excluding hydrogens is 348 g/mol. The number of benzene rings is 2. The van der Waals surface area contributed by atoms with Crippen molar-refractivity contribution >= 4 is 29.2 Å². The zero-order chi connectivity index (χ0) is 30.2. The third-order valence-corrected chi connectivity index (χ3v) is 3.23. The Morgan fingerprint density at radius 2 is 1.86 bits per heavy atom. The van der Waals surface area contributed by atoms with Crippen molar-refractivity contribution in [2.45, 2.75) is 13.7 Å². The zero-order valence-corrected chi connectivity index (χ0v) is 14.1. The minimum absolute atomic E-state index is 0.198. The molecule has 3 aromatic rings. The highest BCUT2D eigenvalue weighted by Crippen LogP contribution is 2.26. The maximum atomic E-state index is 9.13. The van der Waals surface area contributed by atoms with E-state index >= 15 is 0 Å². The van der Waals surface area contributed by atoms with Gasteiger partial charge >= 0.3 is 0 Å². The first-order valence-electron chi connectivity index (χ1n) is 13.7. The molecule has 0 spiro atoms. The molecule has 1 aromatic heterocycles. The molecule has 0 bridgehead atoms. The molecule has 0 amide bonds. The summed E-state index contributed by atoms with van der Waals surface area (Å²) in [6, 6.07) is 0.752. The van der Waals surface area contributed by atoms with Crippen LogP contribution in [0.3, 0.4) is 0 Å². The average molecular weight is 379 g/mol. The third kappa shape index (κ3) is 4.51. The fourth-order valence-corrected chi connectivity index (χ4v) is 2.04. The third-order valence-electron chi connectivity index (χ3n) is 3.23. The summed E-state index contributed by atoms with van der Waals surface area (Å²) in [6.07, 6.45) is 3.04. The Kier molecular flexibility index (Phi) is 2.63. The fourth-order valence-electron chi connectivity index (χ4n) is 2.04. The van der Waals surface area contributed by atoms with Gasteiger partial charge in [0, 0.05) is 31.9 Å². The van der Waals surface area contributed by atoms with Crippen LogP contribution in [0.4, 0.5) is 23.1 Å². The van der Waals surface area contributed by atoms with Crippen LogP contribution < -0.4 is 10.6 Å². The lowest BCUT2D eigenvalue weighted by molar-refractivity contribution is 1.16. The molecule has 0 saturated heterocycles. The van der Waals surface area contributed by atoms with E-state index in [1.165, 1.54) is 6.07 Å². The van der Waals surface area contributed by atoms with E-state index in [9.17, 15) is 0 Å². The number of anilines is 4. The minimum atomic E-state index is -3.03. The first-order chi connectivity index (χ1) is 18.5. The van der Waals surface area contributed by atoms with Gasteiger partial charge in [-0.3, -0.25) is 0 Å². The average Bonchev–Trinajstić information content (AvgIpc) is 2.84. The lowest BCUT2D eigenvalue weighted by atomic mass is 10.0. The molecule has 3 rings (SSSR count). The summed E-state index contributed by atoms with van der Waals surface area (Å²) in [4.78, 5) is 8.02. The van der Waals surface area contributed by atoms with E-state index in [2.05, 4.69) is 20.6 Å². The number of nitrogens with zero attached hydrogens (tertiary/aromatic N) is 4. The normalized spacial score (nSPS) is 17.4. The van der Waals surface area contributed by atoms with Crippen molar-refractivity contribution < 1.29 is 16.4 Å². The molecular formula is C22H18N6. The SMILES string of the molecule is [2H]c1c([2H])c(Nc2nccc(Nc3c(C([2H])([2H])[2H])c([2H])c(C=CC#N)c([2H])c3C([2H])([2H])[2H])n2)c([2H])c([2H])c1C#N. The van der Waals surface area contributed by atoms with Crippen LogP contribution in [0.25, 0.3) is 6.08 Å². The quantitative estimate of drug-likeness (QED) is 0.607. The second kappa shape index (κ2) is 8.48. The molecule has 28 heavy (non-hydrogen) atoms. The molecule has 136 valence electrons. The van der Waals surface area contributed by atoms with Gasteiger partial charge in [0.2, 0.25) is 5.95 Å². The summed E-state index contributed by atoms with van der Waals surface area (Å²) in [6.45, 7) is -6.07. The van der Waals surface area contributed by atoms with Crippen molar-refractivity contribution in [3.8, 4) is 12.1 Å². The molecule has 6 nitrogen and oxygen atoms in total. The second-order valence-corrected chi connectivity index (χ2v) is 5.13. The van der Waals surface area contributed by atoms with Crippen molar-refractivity contribution in [3.63, 3.8) is 0 Å². The Morgan fingerprint density at radius 1 is 1.11 bits per heavy atom. The topological polar surface area (TPSA) is 97.4 Å². The second-order valence-electron chi connectivity index (χ2n) is 5.13. The van der Waals surface area contributed by atoms with Crippen LogP contribution in [0.1, 0.15) is 38.7 Å². The Balaban J connectivity index is 2.22. The Hall–Kier alpha value is -4.16. The molecule has 0 aliphatic rings. The van der Waals surface area contributed by atoms with E-state index in [0.717, 1.165) is 18.3 Å². The lowest BCUT2D eigenvalue weighted by Crippen LogP contribution is -2.02. The predicted octanol–water partition coefficient (Wildman–Crippen LogP) is 4.99. The summed E-state index contributed by atoms with van der Waals surface area (Å²) in [5, 5.41) is 23.1. The van der Waals surface area contributed by atoms with Crippen molar-refractivity contribution in [1.29, 1.82) is 10.5 Å². The fraction of sp³-hybridized carbons (Fsp3) is 0.0909. The summed E-state index contributed by atoms with van der Waals surface area (Å²) >= 11 is 0. The molecule has 1 heterocycles. The van der Waals surface area contributed by atoms with Gasteiger partial charge in [-0.15, -0.1) is 0 Å². The molecule has 0 aliphatic carbocycles. The van der Waals surface area contributed by atoms with Gasteiger partial charge in [0.1, 0.15) is 5.82 Å². The van der Waals surface area contributed by atoms with Gasteiger partial charge in [0.25, 0.3) is 0 Å². The summed E-state index contributed by atoms with van der Waals surface area (Å²) < 4.78 is 96.7. The van der Waals surface area contributed by atoms with E-state index in [-0.39, 0.29) is 23.0 Å². The van der Waals surface area contributed by atoms with Crippen molar-refractivity contribution in [3.05, 3.63) is 76.8 Å². The van der Waals surface area contributed by atoms with E-state index in [1.54, 1.807) is 12.1 Å². The number of allylic oxidation sites excluding steroid dienone is 1. The molecule has 0 aliphatic heterocycles. The largest absolute Gasteiger partial charge is 0.340 e. The smallest absolute Gasteiger partial charge is 0.229 e. The standard InChI is InChI=1S/C22H18N6/c1-15-12-18(4-3-10-23)13-16(2)21(15)27-20-9-11-25-22(28-20)26-19-7-5-17(14-24)6-8-19/h3-9,11-13H,1-2H3,(H2,25,26,27,28)/i1D3,2D3,5D,6D,7D,8D,12D,13D. The van der Waals surface area contributed by atoms with Crippen LogP contribution in [0.5, 0.6) is 0 Å². The monoisotopic (exact) mass is 378 g/mol. The molecule has 6 heteroatoms. The summed E-state index contributed by atoms with van der Waals surface area (Å²) in [7, 11) is 0. The van der Waals surface area contributed by atoms with E-state index in [1.807, 2.05) is 0 Å². The highest BCUT2D eigenvalue weighted by atomic mass is 15.1. The maximum absolute atomic E-state index is 9.13. The van der Waals surface area contributed by atoms with E-state index in [0.29, 0.717) is 0 Å². The van der Waals surface area contributed by atoms with Gasteiger partial charge in [-0.2, -0.15) is 15.5 Å². The van der Waals surface area contributed by atoms with Gasteiger partial charge in [0.15, 0.2) is 0 Å². The number of rotatable bonds is 5. The van der Waals surface area contributed by atoms with Gasteiger partial charge in [-0.05, 0) is 78.8 Å². The number of aromatic nitrogens is 2. The van der Waals surface area contributed by atoms with Gasteiger partial charge in [-0.25, -0.2) is 4.98 Å². The molecule has 0 fully saturated rings. The molecule has 0 atom stereocenters. The number of hydrogen-bond acceptors (Lipinski definition) is 6. The summed E-state index contributed by atoms with van der Waals surface area (Å²) in [5.41, 5.74) is -3.24. The van der Waals surface area contributed by atoms with Crippen LogP contribution in [0, 0.1) is 36.4 Å². The number of nitriles is 2. The first-order valence-corrected chi connectivity index (χ1v) is 7.66. The maximum Gasteiger partial charge on any atom is 0.229 e. The molecule has 0 radical (unpaired) electrons. The molecule has 2 aromatic carbocycles. The Bertz CT molecular complexity index is 1540. The first kappa shape index (κ1) is 8.69. The van der Waals surface area contributed by atoms with Crippen molar-refractivity contribution in [1.82, 2.24) is 9.97 Å². The van der Waals surface area contributed by atoms with Gasteiger partial charge < -0.3 is 10.6 Å². The van der Waals surface area contributed by atoms with Crippen LogP contribution in [0.15, 0.2) is 54.6 Å². The van der Waals surface area contributed by atoms with Crippen molar-refractivity contribution in [2.24, 2.45) is 0 Å². The molecule has 0 unspecified atom stereocenters. The number of hydrogen-bond donors (Lipinski definition) is 2. The van der Waals surface area contributed by atoms with Crippen LogP contribution in [-0.2, 0) is 0 Å². The minimum Gasteiger partial charge on any atom is -0.340 e. The highest BCUT2D eigenvalue weighted by molar-refractivity contribution is 5.69. The van der Waals surface area contributed by atoms with Crippen molar-refractivity contribution in [2.75, 3.05) is 10.6 Å². The van der Waals surface area contributed by atoms with Crippen LogP contribution in [0.2, 0.25) is 0 Å². The highest BCUT2D eigenvalue weighted by Gasteiger charge is 2.07.